The molecule has 3 aromatic carbocycles. The van der Waals surface area contributed by atoms with Crippen molar-refractivity contribution in [3.63, 3.8) is 0 Å². The first-order valence-corrected chi connectivity index (χ1v) is 11.4. The third-order valence-electron chi connectivity index (χ3n) is 5.01. The van der Waals surface area contributed by atoms with Crippen molar-refractivity contribution in [3.8, 4) is 11.4 Å². The van der Waals surface area contributed by atoms with Gasteiger partial charge in [0.25, 0.3) is 0 Å². The number of hydrogen-bond donors (Lipinski definition) is 0. The molecule has 0 N–H and O–H groups in total. The van der Waals surface area contributed by atoms with E-state index in [0.29, 0.717) is 24.1 Å². The number of aromatic nitrogens is 3. The third-order valence-corrected chi connectivity index (χ3v) is 5.96. The fraction of sp³-hybridized carbons (Fsp3) is 0.160. The van der Waals surface area contributed by atoms with Crippen LogP contribution in [-0.2, 0) is 11.3 Å². The van der Waals surface area contributed by atoms with Crippen LogP contribution in [-0.4, -0.2) is 33.0 Å². The summed E-state index contributed by atoms with van der Waals surface area (Å²) in [6.45, 7) is 3.09. The largest absolute Gasteiger partial charge is 0.312 e. The van der Waals surface area contributed by atoms with Gasteiger partial charge in [0.15, 0.2) is 11.0 Å². The fourth-order valence-electron chi connectivity index (χ4n) is 3.43. The van der Waals surface area contributed by atoms with Crippen molar-refractivity contribution in [3.05, 3.63) is 96.3 Å². The lowest BCUT2D eigenvalue weighted by atomic mass is 10.2. The van der Waals surface area contributed by atoms with Crippen LogP contribution in [0.2, 0.25) is 0 Å². The lowest BCUT2D eigenvalue weighted by molar-refractivity contribution is -0.116. The van der Waals surface area contributed by atoms with Gasteiger partial charge in [-0.2, -0.15) is 0 Å². The van der Waals surface area contributed by atoms with Crippen LogP contribution in [0.3, 0.4) is 0 Å². The molecule has 162 valence electrons. The molecule has 0 aliphatic rings. The Balaban J connectivity index is 1.59. The Morgan fingerprint density at radius 1 is 0.938 bits per heavy atom. The van der Waals surface area contributed by atoms with Crippen molar-refractivity contribution >= 4 is 23.4 Å². The van der Waals surface area contributed by atoms with E-state index in [9.17, 15) is 9.18 Å². The first kappa shape index (κ1) is 21.8. The predicted molar refractivity (Wildman–Crippen MR) is 126 cm³/mol. The molecule has 0 saturated carbocycles. The number of carbonyl (C=O) groups excluding carboxylic acids is 1. The van der Waals surface area contributed by atoms with E-state index in [0.717, 1.165) is 16.8 Å². The maximum absolute atomic E-state index is 13.4. The summed E-state index contributed by atoms with van der Waals surface area (Å²) in [6.07, 6.45) is 0. The highest BCUT2D eigenvalue weighted by molar-refractivity contribution is 7.99. The number of halogens is 1. The zero-order chi connectivity index (χ0) is 22.3. The van der Waals surface area contributed by atoms with Gasteiger partial charge in [0.05, 0.1) is 12.3 Å². The van der Waals surface area contributed by atoms with E-state index in [-0.39, 0.29) is 17.5 Å². The van der Waals surface area contributed by atoms with Gasteiger partial charge in [0.1, 0.15) is 5.82 Å². The zero-order valence-electron chi connectivity index (χ0n) is 17.7. The Morgan fingerprint density at radius 3 is 2.25 bits per heavy atom. The number of anilines is 1. The molecule has 32 heavy (non-hydrogen) atoms. The van der Waals surface area contributed by atoms with Crippen molar-refractivity contribution in [2.24, 2.45) is 0 Å². The van der Waals surface area contributed by atoms with E-state index in [1.54, 1.807) is 17.0 Å². The Labute approximate surface area is 190 Å². The van der Waals surface area contributed by atoms with Gasteiger partial charge in [-0.3, -0.25) is 9.36 Å². The number of amides is 1. The first-order valence-electron chi connectivity index (χ1n) is 10.4. The second-order valence-electron chi connectivity index (χ2n) is 7.15. The molecule has 0 saturated heterocycles. The molecule has 0 aliphatic carbocycles. The van der Waals surface area contributed by atoms with Crippen LogP contribution in [0.15, 0.2) is 90.1 Å². The minimum atomic E-state index is -0.302. The second kappa shape index (κ2) is 10.2. The van der Waals surface area contributed by atoms with Gasteiger partial charge in [-0.25, -0.2) is 4.39 Å². The van der Waals surface area contributed by atoms with E-state index < -0.39 is 0 Å². The molecule has 0 aliphatic heterocycles. The third kappa shape index (κ3) is 5.06. The van der Waals surface area contributed by atoms with Crippen LogP contribution < -0.4 is 4.90 Å². The van der Waals surface area contributed by atoms with Crippen LogP contribution in [0.1, 0.15) is 12.5 Å². The molecule has 4 rings (SSSR count). The molecule has 0 fully saturated rings. The van der Waals surface area contributed by atoms with Gasteiger partial charge in [-0.05, 0) is 48.9 Å². The highest BCUT2D eigenvalue weighted by Crippen LogP contribution is 2.26. The monoisotopic (exact) mass is 446 g/mol. The van der Waals surface area contributed by atoms with Gasteiger partial charge < -0.3 is 4.90 Å². The van der Waals surface area contributed by atoms with E-state index in [1.165, 1.54) is 23.9 Å². The van der Waals surface area contributed by atoms with Gasteiger partial charge in [0, 0.05) is 17.8 Å². The summed E-state index contributed by atoms with van der Waals surface area (Å²) in [5, 5.41) is 9.35. The number of carbonyl (C=O) groups is 1. The SMILES string of the molecule is CCN(C(=O)CSc1nnc(-c2ccc(F)cc2)n1Cc1ccccc1)c1ccccc1. The van der Waals surface area contributed by atoms with Crippen molar-refractivity contribution < 1.29 is 9.18 Å². The summed E-state index contributed by atoms with van der Waals surface area (Å²) in [4.78, 5) is 14.7. The maximum atomic E-state index is 13.4. The first-order chi connectivity index (χ1) is 15.7. The van der Waals surface area contributed by atoms with Crippen LogP contribution >= 0.6 is 11.8 Å². The summed E-state index contributed by atoms with van der Waals surface area (Å²) in [5.74, 6) is 0.572. The highest BCUT2D eigenvalue weighted by Gasteiger charge is 2.19. The van der Waals surface area contributed by atoms with E-state index in [4.69, 9.17) is 0 Å². The molecular formula is C25H23FN4OS. The van der Waals surface area contributed by atoms with Gasteiger partial charge >= 0.3 is 0 Å². The predicted octanol–water partition coefficient (Wildman–Crippen LogP) is 5.28. The molecule has 1 heterocycles. The Hall–Kier alpha value is -3.45. The number of nitrogens with zero attached hydrogens (tertiary/aromatic N) is 4. The lowest BCUT2D eigenvalue weighted by Crippen LogP contribution is -2.32. The number of benzene rings is 3. The summed E-state index contributed by atoms with van der Waals surface area (Å²) in [7, 11) is 0. The van der Waals surface area contributed by atoms with Crippen molar-refractivity contribution in [1.82, 2.24) is 14.8 Å². The number of hydrogen-bond acceptors (Lipinski definition) is 4. The molecule has 0 unspecified atom stereocenters. The van der Waals surface area contributed by atoms with Crippen LogP contribution in [0, 0.1) is 5.82 Å². The van der Waals surface area contributed by atoms with Gasteiger partial charge in [-0.1, -0.05) is 60.3 Å². The Bertz CT molecular complexity index is 1160. The van der Waals surface area contributed by atoms with Crippen LogP contribution in [0.4, 0.5) is 10.1 Å². The smallest absolute Gasteiger partial charge is 0.237 e. The summed E-state index contributed by atoms with van der Waals surface area (Å²) in [5.41, 5.74) is 2.73. The molecule has 1 aromatic heterocycles. The molecule has 1 amide bonds. The molecular weight excluding hydrogens is 423 g/mol. The average molecular weight is 447 g/mol. The van der Waals surface area contributed by atoms with Crippen molar-refractivity contribution in [2.45, 2.75) is 18.6 Å². The van der Waals surface area contributed by atoms with E-state index in [1.807, 2.05) is 72.2 Å². The number of rotatable bonds is 8. The van der Waals surface area contributed by atoms with Gasteiger partial charge in [-0.15, -0.1) is 10.2 Å². The minimum Gasteiger partial charge on any atom is -0.312 e. The standard InChI is InChI=1S/C25H23FN4OS/c1-2-29(22-11-7-4-8-12-22)23(31)18-32-25-28-27-24(20-13-15-21(26)16-14-20)30(25)17-19-9-5-3-6-10-19/h3-16H,2,17-18H2,1H3. The highest BCUT2D eigenvalue weighted by atomic mass is 32.2. The molecule has 7 heteroatoms. The summed E-state index contributed by atoms with van der Waals surface area (Å²) in [6, 6.07) is 25.8. The maximum Gasteiger partial charge on any atom is 0.237 e. The molecule has 0 bridgehead atoms. The average Bonchev–Trinajstić information content (AvgIpc) is 3.22. The van der Waals surface area contributed by atoms with Crippen molar-refractivity contribution in [1.29, 1.82) is 0 Å². The topological polar surface area (TPSA) is 51.0 Å². The molecule has 0 radical (unpaired) electrons. The van der Waals surface area contributed by atoms with E-state index >= 15 is 0 Å². The molecule has 0 spiro atoms. The fourth-order valence-corrected chi connectivity index (χ4v) is 4.25. The minimum absolute atomic E-state index is 0.00120. The summed E-state index contributed by atoms with van der Waals surface area (Å²) < 4.78 is 15.4. The number of thioether (sulfide) groups is 1. The van der Waals surface area contributed by atoms with E-state index in [2.05, 4.69) is 10.2 Å². The lowest BCUT2D eigenvalue weighted by Gasteiger charge is -2.20. The molecule has 5 nitrogen and oxygen atoms in total. The normalized spacial score (nSPS) is 10.8. The summed E-state index contributed by atoms with van der Waals surface area (Å²) >= 11 is 1.36. The van der Waals surface area contributed by atoms with Crippen LogP contribution in [0.25, 0.3) is 11.4 Å². The molecule has 4 aromatic rings. The van der Waals surface area contributed by atoms with Gasteiger partial charge in [0.2, 0.25) is 5.91 Å². The Morgan fingerprint density at radius 2 is 1.59 bits per heavy atom. The van der Waals surface area contributed by atoms with Crippen LogP contribution in [0.5, 0.6) is 0 Å². The zero-order valence-corrected chi connectivity index (χ0v) is 18.5. The number of para-hydroxylation sites is 1. The second-order valence-corrected chi connectivity index (χ2v) is 8.09. The molecule has 0 atom stereocenters. The quantitative estimate of drug-likeness (QED) is 0.346. The van der Waals surface area contributed by atoms with Crippen molar-refractivity contribution in [2.75, 3.05) is 17.2 Å². The Kier molecular flexibility index (Phi) is 6.97.